The summed E-state index contributed by atoms with van der Waals surface area (Å²) in [6.07, 6.45) is 8.22. The number of nitrogens with one attached hydrogen (secondary N) is 1. The largest absolute Gasteiger partial charge is 0.375 e. The van der Waals surface area contributed by atoms with Gasteiger partial charge in [-0.2, -0.15) is 5.10 Å². The topological polar surface area (TPSA) is 73.0 Å². The average Bonchev–Trinajstić information content (AvgIpc) is 2.87. The number of hydrogen-bond acceptors (Lipinski definition) is 5. The highest BCUT2D eigenvalue weighted by Gasteiger charge is 2.08. The molecule has 0 spiro atoms. The third kappa shape index (κ3) is 2.60. The third-order valence-electron chi connectivity index (χ3n) is 2.17. The molecule has 0 aliphatic heterocycles. The summed E-state index contributed by atoms with van der Waals surface area (Å²) in [5, 5.41) is 10.6. The highest BCUT2D eigenvalue weighted by molar-refractivity contribution is 9.10. The fourth-order valence-corrected chi connectivity index (χ4v) is 1.75. The van der Waals surface area contributed by atoms with Gasteiger partial charge in [-0.3, -0.25) is 4.79 Å². The first-order chi connectivity index (χ1) is 8.72. The third-order valence-corrected chi connectivity index (χ3v) is 2.94. The van der Waals surface area contributed by atoms with Gasteiger partial charge in [0.2, 0.25) is 0 Å². The Morgan fingerprint density at radius 2 is 2.44 bits per heavy atom. The van der Waals surface area contributed by atoms with Gasteiger partial charge in [-0.25, -0.2) is 4.68 Å². The fourth-order valence-electron chi connectivity index (χ4n) is 1.30. The molecule has 0 atom stereocenters. The van der Waals surface area contributed by atoms with Crippen LogP contribution >= 0.6 is 15.9 Å². The van der Waals surface area contributed by atoms with Crippen LogP contribution in [0.4, 0.5) is 5.69 Å². The smallest absolute Gasteiger partial charge is 0.284 e. The second-order valence-corrected chi connectivity index (χ2v) is 4.16. The van der Waals surface area contributed by atoms with Crippen molar-refractivity contribution >= 4 is 21.6 Å². The number of halogens is 1. The summed E-state index contributed by atoms with van der Waals surface area (Å²) in [5.41, 5.74) is 0.292. The molecule has 0 amide bonds. The average molecular weight is 309 g/mol. The fraction of sp³-hybridized carbons (Fsp3) is 0.182. The monoisotopic (exact) mass is 308 g/mol. The van der Waals surface area contributed by atoms with E-state index < -0.39 is 0 Å². The molecular weight excluding hydrogens is 300 g/mol. The van der Waals surface area contributed by atoms with E-state index in [1.807, 2.05) is 0 Å². The lowest BCUT2D eigenvalue weighted by molar-refractivity contribution is 0.388. The Balaban J connectivity index is 2.17. The van der Waals surface area contributed by atoms with Crippen molar-refractivity contribution in [2.45, 2.75) is 13.1 Å². The molecule has 0 unspecified atom stereocenters. The van der Waals surface area contributed by atoms with Crippen LogP contribution in [-0.2, 0) is 13.1 Å². The highest BCUT2D eigenvalue weighted by atomic mass is 79.9. The van der Waals surface area contributed by atoms with Crippen LogP contribution in [0.25, 0.3) is 0 Å². The van der Waals surface area contributed by atoms with Crippen molar-refractivity contribution in [1.29, 1.82) is 0 Å². The predicted molar refractivity (Wildman–Crippen MR) is 68.9 cm³/mol. The second-order valence-electron chi connectivity index (χ2n) is 3.37. The van der Waals surface area contributed by atoms with E-state index in [0.29, 0.717) is 22.5 Å². The molecule has 92 valence electrons. The molecule has 2 rings (SSSR count). The maximum absolute atomic E-state index is 11.8. The first kappa shape index (κ1) is 12.4. The van der Waals surface area contributed by atoms with Crippen molar-refractivity contribution in [2.24, 2.45) is 0 Å². The summed E-state index contributed by atoms with van der Waals surface area (Å²) < 4.78 is 6.51. The van der Waals surface area contributed by atoms with Gasteiger partial charge < -0.3 is 9.84 Å². The van der Waals surface area contributed by atoms with Crippen molar-refractivity contribution in [3.8, 4) is 12.3 Å². The van der Waals surface area contributed by atoms with Crippen LogP contribution in [0.2, 0.25) is 0 Å². The molecule has 2 aromatic rings. The van der Waals surface area contributed by atoms with Gasteiger partial charge in [-0.15, -0.1) is 6.42 Å². The van der Waals surface area contributed by atoms with Gasteiger partial charge in [0.1, 0.15) is 11.0 Å². The van der Waals surface area contributed by atoms with Gasteiger partial charge in [0.05, 0.1) is 24.6 Å². The van der Waals surface area contributed by atoms with E-state index in [-0.39, 0.29) is 12.1 Å². The molecule has 0 radical (unpaired) electrons. The molecule has 2 aromatic heterocycles. The van der Waals surface area contributed by atoms with E-state index in [0.717, 1.165) is 0 Å². The van der Waals surface area contributed by atoms with Crippen LogP contribution in [0.1, 0.15) is 5.76 Å². The zero-order valence-electron chi connectivity index (χ0n) is 9.26. The number of hydrogen-bond donors (Lipinski definition) is 1. The summed E-state index contributed by atoms with van der Waals surface area (Å²) in [6.45, 7) is 0.554. The molecule has 1 N–H and O–H groups in total. The van der Waals surface area contributed by atoms with Gasteiger partial charge in [0.15, 0.2) is 5.76 Å². The Morgan fingerprint density at radius 1 is 1.61 bits per heavy atom. The van der Waals surface area contributed by atoms with Gasteiger partial charge in [-0.1, -0.05) is 11.1 Å². The Morgan fingerprint density at radius 3 is 3.11 bits per heavy atom. The minimum atomic E-state index is -0.282. The quantitative estimate of drug-likeness (QED) is 0.860. The highest BCUT2D eigenvalue weighted by Crippen LogP contribution is 2.16. The van der Waals surface area contributed by atoms with Crippen molar-refractivity contribution in [2.75, 3.05) is 5.32 Å². The molecule has 6 nitrogen and oxygen atoms in total. The molecule has 0 aliphatic carbocycles. The SMILES string of the molecule is C#CCn1ncc(NCc2ccno2)c(Br)c1=O. The number of rotatable bonds is 4. The minimum Gasteiger partial charge on any atom is -0.375 e. The maximum atomic E-state index is 11.8. The van der Waals surface area contributed by atoms with Crippen molar-refractivity contribution in [3.63, 3.8) is 0 Å². The summed E-state index contributed by atoms with van der Waals surface area (Å²) in [5.74, 6) is 3.02. The van der Waals surface area contributed by atoms with Crippen molar-refractivity contribution < 1.29 is 4.52 Å². The summed E-state index contributed by atoms with van der Waals surface area (Å²) in [6, 6.07) is 1.73. The Bertz CT molecular complexity index is 627. The van der Waals surface area contributed by atoms with Gasteiger partial charge in [0.25, 0.3) is 5.56 Å². The molecule has 0 aliphatic rings. The standard InChI is InChI=1S/C11H9BrN4O2/c1-2-5-16-11(17)10(12)9(7-14-16)13-6-8-3-4-15-18-8/h1,3-4,7,13H,5-6H2. The van der Waals surface area contributed by atoms with Gasteiger partial charge >= 0.3 is 0 Å². The van der Waals surface area contributed by atoms with E-state index in [1.54, 1.807) is 12.3 Å². The molecule has 0 saturated heterocycles. The summed E-state index contributed by atoms with van der Waals surface area (Å²) >= 11 is 3.21. The van der Waals surface area contributed by atoms with Crippen LogP contribution in [0, 0.1) is 12.3 Å². The van der Waals surface area contributed by atoms with Gasteiger partial charge in [0, 0.05) is 6.07 Å². The molecule has 0 fully saturated rings. The number of anilines is 1. The van der Waals surface area contributed by atoms with Crippen molar-refractivity contribution in [1.82, 2.24) is 14.9 Å². The minimum absolute atomic E-state index is 0.139. The van der Waals surface area contributed by atoms with Crippen LogP contribution < -0.4 is 10.9 Å². The van der Waals surface area contributed by atoms with Crippen LogP contribution in [-0.4, -0.2) is 14.9 Å². The molecule has 0 bridgehead atoms. The van der Waals surface area contributed by atoms with Crippen LogP contribution in [0.3, 0.4) is 0 Å². The Kier molecular flexibility index (Phi) is 3.79. The van der Waals surface area contributed by atoms with Crippen LogP contribution in [0.15, 0.2) is 32.3 Å². The van der Waals surface area contributed by atoms with E-state index in [1.165, 1.54) is 10.9 Å². The molecule has 0 saturated carbocycles. The maximum Gasteiger partial charge on any atom is 0.284 e. The van der Waals surface area contributed by atoms with E-state index in [4.69, 9.17) is 10.9 Å². The lowest BCUT2D eigenvalue weighted by Crippen LogP contribution is -2.24. The summed E-state index contributed by atoms with van der Waals surface area (Å²) in [7, 11) is 0. The van der Waals surface area contributed by atoms with E-state index >= 15 is 0 Å². The lowest BCUT2D eigenvalue weighted by atomic mass is 10.4. The molecule has 18 heavy (non-hydrogen) atoms. The normalized spacial score (nSPS) is 10.0. The predicted octanol–water partition coefficient (Wildman–Crippen LogP) is 1.24. The zero-order valence-corrected chi connectivity index (χ0v) is 10.8. The number of aromatic nitrogens is 3. The Labute approximate surface area is 111 Å². The number of terminal acetylenes is 1. The second kappa shape index (κ2) is 5.51. The van der Waals surface area contributed by atoms with Crippen LogP contribution in [0.5, 0.6) is 0 Å². The lowest BCUT2D eigenvalue weighted by Gasteiger charge is -2.07. The Hall–Kier alpha value is -2.07. The van der Waals surface area contributed by atoms with Crippen molar-refractivity contribution in [3.05, 3.63) is 39.0 Å². The van der Waals surface area contributed by atoms with E-state index in [9.17, 15) is 4.79 Å². The van der Waals surface area contributed by atoms with E-state index in [2.05, 4.69) is 37.4 Å². The molecule has 7 heteroatoms. The number of nitrogens with zero attached hydrogens (tertiary/aromatic N) is 3. The molecule has 0 aromatic carbocycles. The first-order valence-corrected chi connectivity index (χ1v) is 5.84. The molecule has 2 heterocycles. The van der Waals surface area contributed by atoms with Gasteiger partial charge in [-0.05, 0) is 15.9 Å². The summed E-state index contributed by atoms with van der Waals surface area (Å²) in [4.78, 5) is 11.8. The molecular formula is C11H9BrN4O2. The first-order valence-electron chi connectivity index (χ1n) is 5.05. The zero-order chi connectivity index (χ0) is 13.0.